The van der Waals surface area contributed by atoms with Crippen molar-refractivity contribution < 1.29 is 0 Å². The van der Waals surface area contributed by atoms with Crippen LogP contribution in [0.15, 0.2) is 30.3 Å². The Labute approximate surface area is 63.2 Å². The first-order chi connectivity index (χ1) is 4.81. The summed E-state index contributed by atoms with van der Waals surface area (Å²) in [6.45, 7) is 10.1. The normalized spacial score (nSPS) is 13.3. The van der Waals surface area contributed by atoms with Crippen molar-refractivity contribution >= 4 is 6.21 Å². The van der Waals surface area contributed by atoms with Gasteiger partial charge in [-0.2, -0.15) is 0 Å². The number of nitrogens with zero attached hydrogens (tertiary/aromatic N) is 1. The second-order valence-corrected chi connectivity index (χ2v) is 2.30. The summed E-state index contributed by atoms with van der Waals surface area (Å²) in [4.78, 5) is 4.12. The zero-order valence-corrected chi connectivity index (χ0v) is 6.59. The third-order valence-electron chi connectivity index (χ3n) is 1.13. The highest BCUT2D eigenvalue weighted by Gasteiger charge is 1.90. The van der Waals surface area contributed by atoms with Gasteiger partial charge in [-0.1, -0.05) is 19.1 Å². The van der Waals surface area contributed by atoms with Crippen LogP contribution in [0.5, 0.6) is 0 Å². The molecule has 1 atom stereocenters. The van der Waals surface area contributed by atoms with Gasteiger partial charge in [0.15, 0.2) is 0 Å². The van der Waals surface area contributed by atoms with Crippen LogP contribution in [0.4, 0.5) is 0 Å². The highest BCUT2D eigenvalue weighted by atomic mass is 14.7. The minimum Gasteiger partial charge on any atom is -0.293 e. The van der Waals surface area contributed by atoms with Gasteiger partial charge in [0.2, 0.25) is 0 Å². The fourth-order valence-electron chi connectivity index (χ4n) is 0.639. The number of hydrogen-bond acceptors (Lipinski definition) is 1. The Bertz CT molecular complexity index is 125. The Morgan fingerprint density at radius 3 is 2.60 bits per heavy atom. The van der Waals surface area contributed by atoms with Crippen molar-refractivity contribution in [1.82, 2.24) is 0 Å². The molecule has 0 rings (SSSR count). The van der Waals surface area contributed by atoms with Gasteiger partial charge in [0.25, 0.3) is 0 Å². The molecule has 0 amide bonds. The number of aliphatic imine (C=N–C) groups is 1. The molecule has 1 nitrogen and oxygen atoms in total. The average Bonchev–Trinajstić information content (AvgIpc) is 1.89. The SMILES string of the molecule is C=CC/N=C/C(C)CC=C. The topological polar surface area (TPSA) is 12.4 Å². The van der Waals surface area contributed by atoms with Gasteiger partial charge in [0, 0.05) is 6.21 Å². The third kappa shape index (κ3) is 5.29. The van der Waals surface area contributed by atoms with Crippen LogP contribution in [-0.4, -0.2) is 12.8 Å². The Morgan fingerprint density at radius 2 is 2.10 bits per heavy atom. The van der Waals surface area contributed by atoms with Crippen molar-refractivity contribution in [1.29, 1.82) is 0 Å². The molecule has 10 heavy (non-hydrogen) atoms. The van der Waals surface area contributed by atoms with Crippen molar-refractivity contribution in [2.75, 3.05) is 6.54 Å². The monoisotopic (exact) mass is 137 g/mol. The van der Waals surface area contributed by atoms with Gasteiger partial charge in [-0.15, -0.1) is 13.2 Å². The third-order valence-corrected chi connectivity index (χ3v) is 1.13. The van der Waals surface area contributed by atoms with Crippen LogP contribution in [0.1, 0.15) is 13.3 Å². The van der Waals surface area contributed by atoms with E-state index >= 15 is 0 Å². The van der Waals surface area contributed by atoms with Crippen molar-refractivity contribution in [2.24, 2.45) is 10.9 Å². The standard InChI is InChI=1S/C9H15N/c1-4-6-9(3)8-10-7-5-2/h4-5,8-9H,1-2,6-7H2,3H3/b10-8+. The van der Waals surface area contributed by atoms with Crippen molar-refractivity contribution in [2.45, 2.75) is 13.3 Å². The summed E-state index contributed by atoms with van der Waals surface area (Å²) in [5.41, 5.74) is 0. The van der Waals surface area contributed by atoms with E-state index in [4.69, 9.17) is 0 Å². The quantitative estimate of drug-likeness (QED) is 0.407. The van der Waals surface area contributed by atoms with E-state index in [0.717, 1.165) is 13.0 Å². The molecular weight excluding hydrogens is 122 g/mol. The summed E-state index contributed by atoms with van der Waals surface area (Å²) in [6.07, 6.45) is 6.64. The van der Waals surface area contributed by atoms with Crippen molar-refractivity contribution in [3.05, 3.63) is 25.3 Å². The smallest absolute Gasteiger partial charge is 0.0563 e. The molecule has 0 fully saturated rings. The summed E-state index contributed by atoms with van der Waals surface area (Å²) in [5.74, 6) is 0.512. The zero-order chi connectivity index (χ0) is 7.82. The molecular formula is C9H15N. The molecule has 0 aliphatic heterocycles. The molecule has 0 radical (unpaired) electrons. The summed E-state index contributed by atoms with van der Waals surface area (Å²) >= 11 is 0. The molecule has 0 spiro atoms. The fraction of sp³-hybridized carbons (Fsp3) is 0.444. The average molecular weight is 137 g/mol. The van der Waals surface area contributed by atoms with E-state index in [1.165, 1.54) is 0 Å². The maximum Gasteiger partial charge on any atom is 0.0563 e. The van der Waals surface area contributed by atoms with Crippen LogP contribution in [0.2, 0.25) is 0 Å². The second-order valence-electron chi connectivity index (χ2n) is 2.30. The van der Waals surface area contributed by atoms with E-state index in [0.29, 0.717) is 5.92 Å². The predicted octanol–water partition coefficient (Wildman–Crippen LogP) is 2.46. The van der Waals surface area contributed by atoms with Crippen molar-refractivity contribution in [3.8, 4) is 0 Å². The van der Waals surface area contributed by atoms with Crippen LogP contribution >= 0.6 is 0 Å². The van der Waals surface area contributed by atoms with Crippen LogP contribution in [0.3, 0.4) is 0 Å². The molecule has 0 aliphatic carbocycles. The lowest BCUT2D eigenvalue weighted by Gasteiger charge is -1.97. The predicted molar refractivity (Wildman–Crippen MR) is 47.5 cm³/mol. The van der Waals surface area contributed by atoms with Gasteiger partial charge < -0.3 is 0 Å². The Hall–Kier alpha value is -0.850. The van der Waals surface area contributed by atoms with Crippen LogP contribution in [0.25, 0.3) is 0 Å². The van der Waals surface area contributed by atoms with Gasteiger partial charge in [-0.05, 0) is 12.3 Å². The molecule has 0 saturated carbocycles. The Kier molecular flexibility index (Phi) is 5.74. The highest BCUT2D eigenvalue weighted by Crippen LogP contribution is 1.97. The molecule has 0 aromatic carbocycles. The first kappa shape index (κ1) is 9.15. The minimum absolute atomic E-state index is 0.512. The molecule has 1 unspecified atom stereocenters. The lowest BCUT2D eigenvalue weighted by molar-refractivity contribution is 0.806. The van der Waals surface area contributed by atoms with Crippen LogP contribution in [-0.2, 0) is 0 Å². The minimum atomic E-state index is 0.512. The van der Waals surface area contributed by atoms with E-state index < -0.39 is 0 Å². The first-order valence-corrected chi connectivity index (χ1v) is 3.53. The van der Waals surface area contributed by atoms with Crippen LogP contribution < -0.4 is 0 Å². The Balaban J connectivity index is 3.43. The number of hydrogen-bond donors (Lipinski definition) is 0. The van der Waals surface area contributed by atoms with E-state index in [9.17, 15) is 0 Å². The summed E-state index contributed by atoms with van der Waals surface area (Å²) < 4.78 is 0. The van der Waals surface area contributed by atoms with Crippen LogP contribution in [0, 0.1) is 5.92 Å². The van der Waals surface area contributed by atoms with Gasteiger partial charge in [-0.25, -0.2) is 0 Å². The molecule has 0 bridgehead atoms. The van der Waals surface area contributed by atoms with Gasteiger partial charge in [0.1, 0.15) is 0 Å². The molecule has 1 heteroatoms. The summed E-state index contributed by atoms with van der Waals surface area (Å²) in [6, 6.07) is 0. The fourth-order valence-corrected chi connectivity index (χ4v) is 0.639. The van der Waals surface area contributed by atoms with Crippen molar-refractivity contribution in [3.63, 3.8) is 0 Å². The largest absolute Gasteiger partial charge is 0.293 e. The van der Waals surface area contributed by atoms with E-state index in [1.807, 2.05) is 12.3 Å². The summed E-state index contributed by atoms with van der Waals surface area (Å²) in [7, 11) is 0. The molecule has 0 heterocycles. The lowest BCUT2D eigenvalue weighted by Crippen LogP contribution is -1.93. The second kappa shape index (κ2) is 6.27. The highest BCUT2D eigenvalue weighted by molar-refractivity contribution is 5.60. The van der Waals surface area contributed by atoms with E-state index in [2.05, 4.69) is 25.1 Å². The van der Waals surface area contributed by atoms with E-state index in [-0.39, 0.29) is 0 Å². The van der Waals surface area contributed by atoms with Gasteiger partial charge >= 0.3 is 0 Å². The molecule has 0 aromatic heterocycles. The maximum absolute atomic E-state index is 4.12. The number of allylic oxidation sites excluding steroid dienone is 1. The summed E-state index contributed by atoms with van der Waals surface area (Å²) in [5, 5.41) is 0. The van der Waals surface area contributed by atoms with Gasteiger partial charge in [-0.3, -0.25) is 4.99 Å². The molecule has 0 saturated heterocycles. The maximum atomic E-state index is 4.12. The lowest BCUT2D eigenvalue weighted by atomic mass is 10.1. The van der Waals surface area contributed by atoms with E-state index in [1.54, 1.807) is 6.08 Å². The first-order valence-electron chi connectivity index (χ1n) is 3.53. The zero-order valence-electron chi connectivity index (χ0n) is 6.59. The number of rotatable bonds is 5. The molecule has 0 N–H and O–H groups in total. The van der Waals surface area contributed by atoms with Gasteiger partial charge in [0.05, 0.1) is 6.54 Å². The Morgan fingerprint density at radius 1 is 1.40 bits per heavy atom. The molecule has 56 valence electrons. The molecule has 0 aromatic rings. The molecule has 0 aliphatic rings.